The second-order valence-corrected chi connectivity index (χ2v) is 5.30. The van der Waals surface area contributed by atoms with Crippen molar-refractivity contribution in [3.8, 4) is 0 Å². The van der Waals surface area contributed by atoms with E-state index in [1.807, 2.05) is 0 Å². The number of ether oxygens (including phenoxy) is 1. The van der Waals surface area contributed by atoms with E-state index in [0.717, 1.165) is 6.92 Å². The third-order valence-corrected chi connectivity index (χ3v) is 2.98. The molecule has 1 aliphatic rings. The van der Waals surface area contributed by atoms with E-state index in [-0.39, 0.29) is 0 Å². The van der Waals surface area contributed by atoms with E-state index in [4.69, 9.17) is 14.5 Å². The quantitative estimate of drug-likeness (QED) is 0.297. The summed E-state index contributed by atoms with van der Waals surface area (Å²) >= 11 is 0. The van der Waals surface area contributed by atoms with Crippen molar-refractivity contribution in [2.75, 3.05) is 6.61 Å². The number of amides is 1. The molecule has 112 valence electrons. The smallest absolute Gasteiger partial charge is 0.388 e. The average Bonchev–Trinajstić information content (AvgIpc) is 2.26. The summed E-state index contributed by atoms with van der Waals surface area (Å²) in [6.45, 7) is 0.418. The molecule has 0 spiro atoms. The summed E-state index contributed by atoms with van der Waals surface area (Å²) in [5, 5.41) is 31.1. The average molecular weight is 301 g/mol. The van der Waals surface area contributed by atoms with Crippen LogP contribution in [0.5, 0.6) is 0 Å². The van der Waals surface area contributed by atoms with Crippen molar-refractivity contribution in [1.82, 2.24) is 5.32 Å². The van der Waals surface area contributed by atoms with E-state index in [9.17, 15) is 24.7 Å². The summed E-state index contributed by atoms with van der Waals surface area (Å²) in [5.41, 5.74) is 0. The maximum atomic E-state index is 10.9. The van der Waals surface area contributed by atoms with E-state index >= 15 is 0 Å². The third kappa shape index (κ3) is 4.79. The number of aliphatic hydroxyl groups is 3. The predicted octanol–water partition coefficient (Wildman–Crippen LogP) is -2.96. The van der Waals surface area contributed by atoms with Crippen LogP contribution in [0.1, 0.15) is 6.92 Å². The lowest BCUT2D eigenvalue weighted by atomic mass is 9.97. The number of aliphatic hydroxyl groups excluding tert-OH is 3. The zero-order valence-corrected chi connectivity index (χ0v) is 10.8. The Bertz CT molecular complexity index is 371. The van der Waals surface area contributed by atoms with Crippen LogP contribution >= 0.6 is 7.82 Å². The van der Waals surface area contributed by atoms with E-state index in [0.29, 0.717) is 0 Å². The molecule has 0 aromatic carbocycles. The molecule has 11 heteroatoms. The summed E-state index contributed by atoms with van der Waals surface area (Å²) in [4.78, 5) is 27.9. The van der Waals surface area contributed by atoms with Gasteiger partial charge in [0.2, 0.25) is 5.91 Å². The third-order valence-electron chi connectivity index (χ3n) is 2.50. The number of hydrogen-bond donors (Lipinski definition) is 6. The molecule has 1 amide bonds. The number of rotatable bonds is 4. The summed E-state index contributed by atoms with van der Waals surface area (Å²) < 4.78 is 19.5. The van der Waals surface area contributed by atoms with Crippen molar-refractivity contribution in [2.24, 2.45) is 0 Å². The highest BCUT2D eigenvalue weighted by atomic mass is 31.2. The molecule has 5 atom stereocenters. The van der Waals surface area contributed by atoms with Crippen LogP contribution in [0.25, 0.3) is 0 Å². The lowest BCUT2D eigenvalue weighted by molar-refractivity contribution is -0.252. The van der Waals surface area contributed by atoms with Gasteiger partial charge in [-0.1, -0.05) is 0 Å². The van der Waals surface area contributed by atoms with E-state index < -0.39 is 51.0 Å². The fourth-order valence-electron chi connectivity index (χ4n) is 1.65. The molecule has 19 heavy (non-hydrogen) atoms. The van der Waals surface area contributed by atoms with Crippen molar-refractivity contribution < 1.29 is 43.7 Å². The zero-order chi connectivity index (χ0) is 14.8. The molecule has 1 heterocycles. The molecular weight excluding hydrogens is 285 g/mol. The van der Waals surface area contributed by atoms with Crippen LogP contribution < -0.4 is 5.32 Å². The first kappa shape index (κ1) is 16.5. The Labute approximate surface area is 108 Å². The number of carbonyl (C=O) groups is 1. The summed E-state index contributed by atoms with van der Waals surface area (Å²) in [6.07, 6.45) is -6.15. The second kappa shape index (κ2) is 6.25. The molecule has 0 bridgehead atoms. The minimum atomic E-state index is -4.76. The first-order valence-corrected chi connectivity index (χ1v) is 6.81. The van der Waals surface area contributed by atoms with Gasteiger partial charge in [0.15, 0.2) is 6.29 Å². The van der Waals surface area contributed by atoms with Crippen LogP contribution in [0.15, 0.2) is 0 Å². The van der Waals surface area contributed by atoms with Crippen molar-refractivity contribution in [3.05, 3.63) is 0 Å². The highest BCUT2D eigenvalue weighted by molar-refractivity contribution is 7.46. The normalized spacial score (nSPS) is 36.0. The van der Waals surface area contributed by atoms with Gasteiger partial charge in [0.25, 0.3) is 0 Å². The van der Waals surface area contributed by atoms with Gasteiger partial charge in [0.1, 0.15) is 24.4 Å². The van der Waals surface area contributed by atoms with Gasteiger partial charge in [0, 0.05) is 6.92 Å². The van der Waals surface area contributed by atoms with Crippen molar-refractivity contribution in [2.45, 2.75) is 37.6 Å². The van der Waals surface area contributed by atoms with Crippen molar-refractivity contribution in [3.63, 3.8) is 0 Å². The number of hydrogen-bond acceptors (Lipinski definition) is 7. The highest BCUT2D eigenvalue weighted by Gasteiger charge is 2.44. The van der Waals surface area contributed by atoms with Gasteiger partial charge in [-0.2, -0.15) is 0 Å². The Kier molecular flexibility index (Phi) is 5.42. The lowest BCUT2D eigenvalue weighted by Crippen LogP contribution is -2.64. The molecule has 1 fully saturated rings. The van der Waals surface area contributed by atoms with Gasteiger partial charge in [-0.15, -0.1) is 0 Å². The largest absolute Gasteiger partial charge is 0.469 e. The Morgan fingerprint density at radius 1 is 1.32 bits per heavy atom. The maximum Gasteiger partial charge on any atom is 0.469 e. The van der Waals surface area contributed by atoms with Gasteiger partial charge in [-0.05, 0) is 0 Å². The Morgan fingerprint density at radius 3 is 2.37 bits per heavy atom. The molecule has 0 saturated carbocycles. The summed E-state index contributed by atoms with van der Waals surface area (Å²) in [6, 6.07) is -1.25. The van der Waals surface area contributed by atoms with E-state index in [1.165, 1.54) is 0 Å². The van der Waals surface area contributed by atoms with Gasteiger partial charge in [0.05, 0.1) is 6.61 Å². The summed E-state index contributed by atoms with van der Waals surface area (Å²) in [5.74, 6) is -0.552. The Morgan fingerprint density at radius 2 is 1.89 bits per heavy atom. The number of phosphoric acid groups is 1. The predicted molar refractivity (Wildman–Crippen MR) is 58.5 cm³/mol. The highest BCUT2D eigenvalue weighted by Crippen LogP contribution is 2.36. The van der Waals surface area contributed by atoms with Crippen LogP contribution in [0.3, 0.4) is 0 Å². The van der Waals surface area contributed by atoms with Crippen LogP contribution in [0.4, 0.5) is 0 Å². The molecule has 1 aliphatic heterocycles. The minimum Gasteiger partial charge on any atom is -0.388 e. The number of nitrogens with one attached hydrogen (secondary N) is 1. The number of phosphoric ester groups is 1. The number of carbonyl (C=O) groups excluding carboxylic acids is 1. The van der Waals surface area contributed by atoms with Gasteiger partial charge < -0.3 is 35.2 Å². The minimum absolute atomic E-state index is 0.552. The first-order chi connectivity index (χ1) is 8.61. The van der Waals surface area contributed by atoms with E-state index in [1.54, 1.807) is 0 Å². The molecule has 10 nitrogen and oxygen atoms in total. The Balaban J connectivity index is 2.66. The standard InChI is InChI=1S/C8H16NO9P/c1-3(10)9-5-7(12)6(11)4(18-8(5)13)2-17-19(14,15)16/h4-8,11-13H,2H2,1H3,(H,9,10)(H2,14,15,16)/t4?,5?,6-,7+,8?/m1/s1. The van der Waals surface area contributed by atoms with Gasteiger partial charge in [-0.25, -0.2) is 4.57 Å². The molecule has 0 radical (unpaired) electrons. The molecule has 0 aliphatic carbocycles. The van der Waals surface area contributed by atoms with Crippen molar-refractivity contribution >= 4 is 13.7 Å². The molecule has 6 N–H and O–H groups in total. The van der Waals surface area contributed by atoms with Crippen LogP contribution in [-0.4, -0.2) is 68.3 Å². The van der Waals surface area contributed by atoms with Crippen LogP contribution in [0.2, 0.25) is 0 Å². The van der Waals surface area contributed by atoms with Crippen LogP contribution in [-0.2, 0) is 18.6 Å². The molecule has 3 unspecified atom stereocenters. The lowest BCUT2D eigenvalue weighted by Gasteiger charge is -2.40. The monoisotopic (exact) mass is 301 g/mol. The van der Waals surface area contributed by atoms with Gasteiger partial charge in [-0.3, -0.25) is 9.32 Å². The van der Waals surface area contributed by atoms with Crippen molar-refractivity contribution in [1.29, 1.82) is 0 Å². The van der Waals surface area contributed by atoms with Crippen LogP contribution in [0, 0.1) is 0 Å². The molecule has 1 rings (SSSR count). The molecule has 0 aromatic rings. The first-order valence-electron chi connectivity index (χ1n) is 5.28. The topological polar surface area (TPSA) is 166 Å². The zero-order valence-electron chi connectivity index (χ0n) is 9.91. The SMILES string of the molecule is CC(=O)NC1C(O)OC(COP(=O)(O)O)[C@@H](O)[C@H]1O. The second-order valence-electron chi connectivity index (χ2n) is 4.06. The Hall–Kier alpha value is -0.580. The fourth-order valence-corrected chi connectivity index (χ4v) is 1.99. The molecule has 0 aromatic heterocycles. The fraction of sp³-hybridized carbons (Fsp3) is 0.875. The van der Waals surface area contributed by atoms with Gasteiger partial charge >= 0.3 is 7.82 Å². The molecular formula is C8H16NO9P. The maximum absolute atomic E-state index is 10.9. The van der Waals surface area contributed by atoms with E-state index in [2.05, 4.69) is 9.84 Å². The molecule has 1 saturated heterocycles. The summed E-state index contributed by atoms with van der Waals surface area (Å²) in [7, 11) is -4.76.